The topological polar surface area (TPSA) is 73.6 Å². The lowest BCUT2D eigenvalue weighted by Gasteiger charge is -2.17. The molecule has 1 aliphatic rings. The van der Waals surface area contributed by atoms with Crippen LogP contribution in [0.1, 0.15) is 23.9 Å². The van der Waals surface area contributed by atoms with E-state index in [1.165, 1.54) is 5.56 Å². The van der Waals surface area contributed by atoms with Crippen LogP contribution in [0.2, 0.25) is 0 Å². The summed E-state index contributed by atoms with van der Waals surface area (Å²) >= 11 is 0. The summed E-state index contributed by atoms with van der Waals surface area (Å²) in [4.78, 5) is 16.8. The van der Waals surface area contributed by atoms with Crippen LogP contribution in [0.4, 0.5) is 0 Å². The maximum absolute atomic E-state index is 12.1. The first-order chi connectivity index (χ1) is 15.6. The van der Waals surface area contributed by atoms with Crippen molar-refractivity contribution in [3.63, 3.8) is 0 Å². The van der Waals surface area contributed by atoms with E-state index >= 15 is 0 Å². The van der Waals surface area contributed by atoms with Crippen molar-refractivity contribution in [2.75, 3.05) is 26.3 Å². The largest absolute Gasteiger partial charge is 0.493 e. The van der Waals surface area contributed by atoms with Crippen LogP contribution in [0.3, 0.4) is 0 Å². The number of nitrogens with one attached hydrogen (secondary N) is 1. The quantitative estimate of drug-likeness (QED) is 0.509. The fourth-order valence-corrected chi connectivity index (χ4v) is 4.13. The Hall–Kier alpha value is -3.12. The van der Waals surface area contributed by atoms with Gasteiger partial charge in [-0.25, -0.2) is 4.98 Å². The molecule has 0 bridgehead atoms. The molecule has 3 aromatic rings. The van der Waals surface area contributed by atoms with E-state index in [2.05, 4.69) is 22.4 Å². The van der Waals surface area contributed by atoms with Gasteiger partial charge in [-0.05, 0) is 62.6 Å². The number of esters is 1. The minimum Gasteiger partial charge on any atom is -0.493 e. The zero-order valence-electron chi connectivity index (χ0n) is 18.7. The molecule has 1 N–H and O–H groups in total. The molecule has 4 rings (SSSR count). The first-order valence-corrected chi connectivity index (χ1v) is 11.2. The van der Waals surface area contributed by atoms with Crippen LogP contribution in [0.15, 0.2) is 59.0 Å². The standard InChI is InChI=1S/C26H30N2O4/c1-3-30-26(29)23-17-27-16-21(23)15-19-9-11-22(12-10-19)31-14-13-24-18(2)32-25(28-24)20-7-5-4-6-8-20/h4-12,21,23,27H,3,13-17H2,1-2H3/t21-,23+/m1/s1. The summed E-state index contributed by atoms with van der Waals surface area (Å²) in [5.41, 5.74) is 3.08. The molecule has 168 valence electrons. The van der Waals surface area contributed by atoms with E-state index in [-0.39, 0.29) is 17.8 Å². The molecule has 0 saturated carbocycles. The van der Waals surface area contributed by atoms with Crippen LogP contribution < -0.4 is 10.1 Å². The van der Waals surface area contributed by atoms with Crippen molar-refractivity contribution in [2.24, 2.45) is 11.8 Å². The number of hydrogen-bond donors (Lipinski definition) is 1. The molecule has 32 heavy (non-hydrogen) atoms. The summed E-state index contributed by atoms with van der Waals surface area (Å²) < 4.78 is 17.0. The Labute approximate surface area is 189 Å². The number of aryl methyl sites for hydroxylation is 1. The summed E-state index contributed by atoms with van der Waals surface area (Å²) in [6, 6.07) is 18.0. The van der Waals surface area contributed by atoms with E-state index in [9.17, 15) is 4.79 Å². The fourth-order valence-electron chi connectivity index (χ4n) is 4.13. The fraction of sp³-hybridized carbons (Fsp3) is 0.385. The number of oxazole rings is 1. The molecule has 1 saturated heterocycles. The van der Waals surface area contributed by atoms with E-state index in [4.69, 9.17) is 13.9 Å². The highest BCUT2D eigenvalue weighted by Gasteiger charge is 2.33. The Kier molecular flexibility index (Phi) is 7.22. The zero-order valence-corrected chi connectivity index (χ0v) is 18.7. The van der Waals surface area contributed by atoms with Crippen LogP contribution in [-0.2, 0) is 22.4 Å². The van der Waals surface area contributed by atoms with E-state index in [0.29, 0.717) is 32.1 Å². The van der Waals surface area contributed by atoms with Gasteiger partial charge in [-0.2, -0.15) is 0 Å². The Balaban J connectivity index is 1.28. The molecule has 0 aliphatic carbocycles. The Bertz CT molecular complexity index is 1010. The van der Waals surface area contributed by atoms with Gasteiger partial charge in [-0.1, -0.05) is 30.3 Å². The first-order valence-electron chi connectivity index (χ1n) is 11.2. The number of carbonyl (C=O) groups is 1. The second-order valence-corrected chi connectivity index (χ2v) is 8.11. The van der Waals surface area contributed by atoms with E-state index in [0.717, 1.165) is 35.7 Å². The zero-order chi connectivity index (χ0) is 22.3. The Morgan fingerprint density at radius 1 is 1.12 bits per heavy atom. The van der Waals surface area contributed by atoms with Gasteiger partial charge in [0.1, 0.15) is 11.5 Å². The van der Waals surface area contributed by atoms with Gasteiger partial charge in [0.25, 0.3) is 0 Å². The van der Waals surface area contributed by atoms with Crippen molar-refractivity contribution in [3.05, 3.63) is 71.6 Å². The minimum atomic E-state index is -0.0963. The van der Waals surface area contributed by atoms with Crippen molar-refractivity contribution in [3.8, 4) is 17.2 Å². The average molecular weight is 435 g/mol. The first kappa shape index (κ1) is 22.1. The second-order valence-electron chi connectivity index (χ2n) is 8.11. The highest BCUT2D eigenvalue weighted by Crippen LogP contribution is 2.25. The average Bonchev–Trinajstić information content (AvgIpc) is 3.42. The lowest BCUT2D eigenvalue weighted by Crippen LogP contribution is -2.26. The molecule has 2 heterocycles. The molecule has 0 amide bonds. The van der Waals surface area contributed by atoms with Gasteiger partial charge >= 0.3 is 5.97 Å². The molecule has 2 aromatic carbocycles. The second kappa shape index (κ2) is 10.5. The molecule has 2 atom stereocenters. The maximum Gasteiger partial charge on any atom is 0.310 e. The molecule has 0 radical (unpaired) electrons. The molecular formula is C26H30N2O4. The number of aromatic nitrogens is 1. The highest BCUT2D eigenvalue weighted by atomic mass is 16.5. The van der Waals surface area contributed by atoms with Crippen LogP contribution >= 0.6 is 0 Å². The minimum absolute atomic E-state index is 0.0719. The van der Waals surface area contributed by atoms with Crippen LogP contribution in [0, 0.1) is 18.8 Å². The van der Waals surface area contributed by atoms with E-state index in [1.807, 2.05) is 56.3 Å². The number of carbonyl (C=O) groups excluding carboxylic acids is 1. The Morgan fingerprint density at radius 3 is 2.66 bits per heavy atom. The van der Waals surface area contributed by atoms with Crippen molar-refractivity contribution < 1.29 is 18.7 Å². The van der Waals surface area contributed by atoms with Gasteiger partial charge < -0.3 is 19.2 Å². The molecule has 1 aromatic heterocycles. The van der Waals surface area contributed by atoms with E-state index in [1.54, 1.807) is 0 Å². The van der Waals surface area contributed by atoms with Gasteiger partial charge in [0.15, 0.2) is 0 Å². The van der Waals surface area contributed by atoms with Crippen molar-refractivity contribution in [1.82, 2.24) is 10.3 Å². The van der Waals surface area contributed by atoms with Gasteiger partial charge in [-0.3, -0.25) is 4.79 Å². The SMILES string of the molecule is CCOC(=O)[C@H]1CNC[C@H]1Cc1ccc(OCCc2nc(-c3ccccc3)oc2C)cc1. The van der Waals surface area contributed by atoms with Gasteiger partial charge in [-0.15, -0.1) is 0 Å². The molecule has 6 heteroatoms. The van der Waals surface area contributed by atoms with Crippen molar-refractivity contribution in [2.45, 2.75) is 26.7 Å². The maximum atomic E-state index is 12.1. The number of hydrogen-bond acceptors (Lipinski definition) is 6. The summed E-state index contributed by atoms with van der Waals surface area (Å²) in [6.07, 6.45) is 1.52. The van der Waals surface area contributed by atoms with Crippen LogP contribution in [0.5, 0.6) is 5.75 Å². The summed E-state index contributed by atoms with van der Waals surface area (Å²) in [6.45, 7) is 6.26. The number of benzene rings is 2. The Morgan fingerprint density at radius 2 is 1.91 bits per heavy atom. The van der Waals surface area contributed by atoms with Gasteiger partial charge in [0.05, 0.1) is 24.8 Å². The molecule has 6 nitrogen and oxygen atoms in total. The molecule has 1 aliphatic heterocycles. The highest BCUT2D eigenvalue weighted by molar-refractivity contribution is 5.73. The van der Waals surface area contributed by atoms with E-state index < -0.39 is 0 Å². The molecule has 1 fully saturated rings. The summed E-state index contributed by atoms with van der Waals surface area (Å²) in [5.74, 6) is 2.38. The normalized spacial score (nSPS) is 17.9. The molecule has 0 spiro atoms. The number of ether oxygens (including phenoxy) is 2. The molecular weight excluding hydrogens is 404 g/mol. The van der Waals surface area contributed by atoms with Gasteiger partial charge in [0, 0.05) is 18.5 Å². The third kappa shape index (κ3) is 5.37. The predicted octanol–water partition coefficient (Wildman–Crippen LogP) is 4.21. The monoisotopic (exact) mass is 434 g/mol. The third-order valence-corrected chi connectivity index (χ3v) is 5.87. The van der Waals surface area contributed by atoms with Crippen molar-refractivity contribution >= 4 is 5.97 Å². The predicted molar refractivity (Wildman–Crippen MR) is 123 cm³/mol. The number of nitrogens with zero attached hydrogens (tertiary/aromatic N) is 1. The summed E-state index contributed by atoms with van der Waals surface area (Å²) in [5, 5.41) is 3.31. The third-order valence-electron chi connectivity index (χ3n) is 5.87. The van der Waals surface area contributed by atoms with Crippen LogP contribution in [0.25, 0.3) is 11.5 Å². The van der Waals surface area contributed by atoms with Crippen molar-refractivity contribution in [1.29, 1.82) is 0 Å². The molecule has 0 unspecified atom stereocenters. The number of rotatable bonds is 9. The lowest BCUT2D eigenvalue weighted by molar-refractivity contribution is -0.148. The smallest absolute Gasteiger partial charge is 0.310 e. The van der Waals surface area contributed by atoms with Gasteiger partial charge in [0.2, 0.25) is 5.89 Å². The van der Waals surface area contributed by atoms with Crippen LogP contribution in [-0.4, -0.2) is 37.3 Å². The lowest BCUT2D eigenvalue weighted by atomic mass is 9.90. The summed E-state index contributed by atoms with van der Waals surface area (Å²) in [7, 11) is 0.